The van der Waals surface area contributed by atoms with Gasteiger partial charge in [0.2, 0.25) is 5.95 Å². The lowest BCUT2D eigenvalue weighted by molar-refractivity contribution is 0.0526. The molecule has 0 spiro atoms. The van der Waals surface area contributed by atoms with Crippen molar-refractivity contribution in [3.63, 3.8) is 0 Å². The zero-order chi connectivity index (χ0) is 20.2. The Morgan fingerprint density at radius 1 is 1.24 bits per heavy atom. The fourth-order valence-corrected chi connectivity index (χ4v) is 3.06. The highest BCUT2D eigenvalue weighted by molar-refractivity contribution is 5.77. The first-order valence-electron chi connectivity index (χ1n) is 9.17. The molecule has 2 aromatic heterocycles. The summed E-state index contributed by atoms with van der Waals surface area (Å²) in [5, 5.41) is 10.9. The summed E-state index contributed by atoms with van der Waals surface area (Å²) in [4.78, 5) is 21.2. The summed E-state index contributed by atoms with van der Waals surface area (Å²) in [6.07, 6.45) is 3.58. The summed E-state index contributed by atoms with van der Waals surface area (Å²) in [5.74, 6) is 0.216. The smallest absolute Gasteiger partial charge is 0.227 e. The Morgan fingerprint density at radius 3 is 2.83 bits per heavy atom. The average molecular weight is 394 g/mol. The number of nitrogens with one attached hydrogen (secondary N) is 1. The zero-order valence-electron chi connectivity index (χ0n) is 15.7. The molecule has 0 aliphatic carbocycles. The molecule has 0 radical (unpaired) electrons. The van der Waals surface area contributed by atoms with Gasteiger partial charge in [-0.05, 0) is 18.6 Å². The second kappa shape index (κ2) is 8.27. The molecule has 3 heterocycles. The van der Waals surface area contributed by atoms with Gasteiger partial charge in [-0.3, -0.25) is 4.79 Å². The maximum absolute atomic E-state index is 14.3. The number of morpholine rings is 1. The van der Waals surface area contributed by atoms with Crippen molar-refractivity contribution < 1.29 is 13.9 Å². The summed E-state index contributed by atoms with van der Waals surface area (Å²) >= 11 is 0. The maximum atomic E-state index is 14.3. The number of aldehydes is 1. The topological polar surface area (TPSA) is 93.1 Å². The largest absolute Gasteiger partial charge is 0.375 e. The van der Waals surface area contributed by atoms with Gasteiger partial charge in [0.05, 0.1) is 25.1 Å². The van der Waals surface area contributed by atoms with Gasteiger partial charge in [-0.15, -0.1) is 5.10 Å². The highest BCUT2D eigenvalue weighted by Crippen LogP contribution is 2.24. The van der Waals surface area contributed by atoms with Crippen LogP contribution in [0.4, 0.5) is 22.0 Å². The molecule has 4 rings (SSSR count). The van der Waals surface area contributed by atoms with E-state index in [4.69, 9.17) is 4.74 Å². The van der Waals surface area contributed by atoms with Crippen LogP contribution in [0.3, 0.4) is 0 Å². The van der Waals surface area contributed by atoms with Crippen molar-refractivity contribution in [2.24, 2.45) is 0 Å². The third kappa shape index (κ3) is 4.35. The summed E-state index contributed by atoms with van der Waals surface area (Å²) < 4.78 is 19.8. The van der Waals surface area contributed by atoms with E-state index in [2.05, 4.69) is 25.5 Å². The van der Waals surface area contributed by atoms with Crippen molar-refractivity contribution in [3.8, 4) is 11.1 Å². The van der Waals surface area contributed by atoms with Gasteiger partial charge in [0.15, 0.2) is 17.5 Å². The standard InChI is InChI=1S/C20H19FN6O2/c1-13-11-27(6-7-29-13)20-22-10-17(21)19(25-20)24-18-8-16(9-23-26-18)15-4-2-14(12-28)3-5-15/h2-5,8-10,12-13H,6-7,11H2,1H3,(H,22,24,25,26). The summed E-state index contributed by atoms with van der Waals surface area (Å²) in [5.41, 5.74) is 2.22. The predicted octanol–water partition coefficient (Wildman–Crippen LogP) is 2.85. The Morgan fingerprint density at radius 2 is 2.07 bits per heavy atom. The minimum Gasteiger partial charge on any atom is -0.375 e. The summed E-state index contributed by atoms with van der Waals surface area (Å²) in [7, 11) is 0. The first kappa shape index (κ1) is 18.9. The van der Waals surface area contributed by atoms with Gasteiger partial charge in [0.1, 0.15) is 6.29 Å². The summed E-state index contributed by atoms with van der Waals surface area (Å²) in [6, 6.07) is 8.80. The molecule has 1 saturated heterocycles. The van der Waals surface area contributed by atoms with Crippen molar-refractivity contribution in [1.29, 1.82) is 0 Å². The van der Waals surface area contributed by atoms with E-state index in [1.807, 2.05) is 24.0 Å². The number of hydrogen-bond acceptors (Lipinski definition) is 8. The van der Waals surface area contributed by atoms with E-state index < -0.39 is 5.82 Å². The minimum absolute atomic E-state index is 0.0249. The average Bonchev–Trinajstić information content (AvgIpc) is 2.75. The molecule has 0 amide bonds. The van der Waals surface area contributed by atoms with Crippen LogP contribution in [0.2, 0.25) is 0 Å². The Bertz CT molecular complexity index is 1010. The molecular weight excluding hydrogens is 375 g/mol. The zero-order valence-corrected chi connectivity index (χ0v) is 15.7. The molecule has 1 aliphatic rings. The number of carbonyl (C=O) groups excluding carboxylic acids is 1. The SMILES string of the molecule is CC1CN(c2ncc(F)c(Nc3cc(-c4ccc(C=O)cc4)cnn3)n2)CCO1. The second-order valence-corrected chi connectivity index (χ2v) is 6.69. The van der Waals surface area contributed by atoms with E-state index in [0.29, 0.717) is 37.0 Å². The first-order valence-corrected chi connectivity index (χ1v) is 9.17. The van der Waals surface area contributed by atoms with Gasteiger partial charge in [-0.1, -0.05) is 24.3 Å². The maximum Gasteiger partial charge on any atom is 0.227 e. The number of carbonyl (C=O) groups is 1. The molecule has 3 aromatic rings. The Hall–Kier alpha value is -3.46. The number of nitrogens with zero attached hydrogens (tertiary/aromatic N) is 5. The highest BCUT2D eigenvalue weighted by atomic mass is 19.1. The van der Waals surface area contributed by atoms with Crippen molar-refractivity contribution in [3.05, 3.63) is 54.1 Å². The number of rotatable bonds is 5. The number of anilines is 3. The molecule has 148 valence electrons. The normalized spacial score (nSPS) is 16.5. The highest BCUT2D eigenvalue weighted by Gasteiger charge is 2.20. The molecule has 0 saturated carbocycles. The van der Waals surface area contributed by atoms with E-state index in [0.717, 1.165) is 23.6 Å². The van der Waals surface area contributed by atoms with Gasteiger partial charge >= 0.3 is 0 Å². The van der Waals surface area contributed by atoms with Crippen molar-refractivity contribution in [2.75, 3.05) is 29.9 Å². The number of ether oxygens (including phenoxy) is 1. The lowest BCUT2D eigenvalue weighted by Gasteiger charge is -2.31. The van der Waals surface area contributed by atoms with E-state index in [1.165, 1.54) is 0 Å². The van der Waals surface area contributed by atoms with Gasteiger partial charge in [-0.25, -0.2) is 9.37 Å². The van der Waals surface area contributed by atoms with Crippen LogP contribution < -0.4 is 10.2 Å². The monoisotopic (exact) mass is 394 g/mol. The van der Waals surface area contributed by atoms with Gasteiger partial charge in [0.25, 0.3) is 0 Å². The molecule has 1 unspecified atom stereocenters. The van der Waals surface area contributed by atoms with Crippen LogP contribution >= 0.6 is 0 Å². The van der Waals surface area contributed by atoms with Crippen LogP contribution in [-0.2, 0) is 4.74 Å². The Kier molecular flexibility index (Phi) is 5.39. The fraction of sp³-hybridized carbons (Fsp3) is 0.250. The van der Waals surface area contributed by atoms with E-state index in [-0.39, 0.29) is 11.9 Å². The Labute approximate surface area is 166 Å². The molecule has 1 fully saturated rings. The third-order valence-electron chi connectivity index (χ3n) is 4.54. The first-order chi connectivity index (χ1) is 14.1. The van der Waals surface area contributed by atoms with Gasteiger partial charge in [-0.2, -0.15) is 10.1 Å². The van der Waals surface area contributed by atoms with Crippen LogP contribution in [0.15, 0.2) is 42.7 Å². The number of benzene rings is 1. The number of aromatic nitrogens is 4. The number of hydrogen-bond donors (Lipinski definition) is 1. The van der Waals surface area contributed by atoms with E-state index >= 15 is 0 Å². The van der Waals surface area contributed by atoms with Crippen molar-refractivity contribution in [2.45, 2.75) is 13.0 Å². The quantitative estimate of drug-likeness (QED) is 0.661. The molecule has 1 aliphatic heterocycles. The second-order valence-electron chi connectivity index (χ2n) is 6.69. The Balaban J connectivity index is 1.57. The molecule has 9 heteroatoms. The minimum atomic E-state index is -0.586. The van der Waals surface area contributed by atoms with E-state index in [1.54, 1.807) is 24.4 Å². The predicted molar refractivity (Wildman–Crippen MR) is 106 cm³/mol. The number of halogens is 1. The van der Waals surface area contributed by atoms with Gasteiger partial charge < -0.3 is 15.0 Å². The fourth-order valence-electron chi connectivity index (χ4n) is 3.06. The molecule has 0 bridgehead atoms. The molecule has 1 atom stereocenters. The van der Waals surface area contributed by atoms with Crippen molar-refractivity contribution in [1.82, 2.24) is 20.2 Å². The molecule has 1 N–H and O–H groups in total. The van der Waals surface area contributed by atoms with Crippen LogP contribution in [0, 0.1) is 5.82 Å². The third-order valence-corrected chi connectivity index (χ3v) is 4.54. The molecule has 29 heavy (non-hydrogen) atoms. The van der Waals surface area contributed by atoms with Crippen LogP contribution in [-0.4, -0.2) is 52.3 Å². The van der Waals surface area contributed by atoms with Gasteiger partial charge in [0, 0.05) is 24.2 Å². The summed E-state index contributed by atoms with van der Waals surface area (Å²) in [6.45, 7) is 3.82. The van der Waals surface area contributed by atoms with Crippen LogP contribution in [0.5, 0.6) is 0 Å². The van der Waals surface area contributed by atoms with Crippen molar-refractivity contribution >= 4 is 23.9 Å². The molecular formula is C20H19FN6O2. The lowest BCUT2D eigenvalue weighted by atomic mass is 10.1. The molecule has 1 aromatic carbocycles. The lowest BCUT2D eigenvalue weighted by Crippen LogP contribution is -2.42. The van der Waals surface area contributed by atoms with Crippen LogP contribution in [0.1, 0.15) is 17.3 Å². The van der Waals surface area contributed by atoms with E-state index in [9.17, 15) is 9.18 Å². The van der Waals surface area contributed by atoms with Crippen LogP contribution in [0.25, 0.3) is 11.1 Å². The molecule has 8 nitrogen and oxygen atoms in total.